The van der Waals surface area contributed by atoms with E-state index in [-0.39, 0.29) is 62.9 Å². The molecule has 1 aromatic carbocycles. The SMILES string of the molecule is C[C@H]1N(C)[C@@H](CCCN(O)C(=O)CCNC(=O)CNC(=O)[C@H]2COC(c3ccccc3O)=N2)C(=O)N1[C@H]1CCCN(O)C1=O. The molecule has 0 aromatic heterocycles. The van der Waals surface area contributed by atoms with Crippen LogP contribution >= 0.6 is 0 Å². The van der Waals surface area contributed by atoms with Crippen molar-refractivity contribution in [1.82, 2.24) is 30.6 Å². The zero-order chi connectivity index (χ0) is 32.0. The molecule has 5 N–H and O–H groups in total. The summed E-state index contributed by atoms with van der Waals surface area (Å²) < 4.78 is 5.40. The number of phenols is 1. The Morgan fingerprint density at radius 3 is 2.66 bits per heavy atom. The lowest BCUT2D eigenvalue weighted by molar-refractivity contribution is -0.180. The van der Waals surface area contributed by atoms with E-state index in [9.17, 15) is 39.5 Å². The molecular weight excluding hydrogens is 578 g/mol. The highest BCUT2D eigenvalue weighted by Gasteiger charge is 2.47. The Hall–Kier alpha value is -4.28. The summed E-state index contributed by atoms with van der Waals surface area (Å²) in [6.07, 6.45) is 1.17. The monoisotopic (exact) mass is 617 g/mol. The summed E-state index contributed by atoms with van der Waals surface area (Å²) in [5.74, 6) is -2.33. The second kappa shape index (κ2) is 14.5. The lowest BCUT2D eigenvalue weighted by atomic mass is 10.0. The molecule has 16 heteroatoms. The van der Waals surface area contributed by atoms with Gasteiger partial charge in [-0.25, -0.2) is 15.1 Å². The van der Waals surface area contributed by atoms with E-state index in [0.717, 1.165) is 0 Å². The van der Waals surface area contributed by atoms with Crippen LogP contribution in [0.2, 0.25) is 0 Å². The van der Waals surface area contributed by atoms with Crippen LogP contribution in [0.15, 0.2) is 29.3 Å². The zero-order valence-electron chi connectivity index (χ0n) is 24.7. The fourth-order valence-corrected chi connectivity index (χ4v) is 5.48. The van der Waals surface area contributed by atoms with E-state index >= 15 is 0 Å². The van der Waals surface area contributed by atoms with E-state index in [4.69, 9.17) is 4.74 Å². The van der Waals surface area contributed by atoms with Crippen LogP contribution in [0.25, 0.3) is 0 Å². The van der Waals surface area contributed by atoms with Crippen molar-refractivity contribution in [2.75, 3.05) is 39.8 Å². The van der Waals surface area contributed by atoms with Gasteiger partial charge in [0.05, 0.1) is 24.3 Å². The van der Waals surface area contributed by atoms with E-state index in [1.165, 1.54) is 11.0 Å². The minimum atomic E-state index is -0.881. The Bertz CT molecular complexity index is 1290. The highest BCUT2D eigenvalue weighted by atomic mass is 16.5. The second-order valence-corrected chi connectivity index (χ2v) is 10.9. The van der Waals surface area contributed by atoms with Crippen LogP contribution in [0.1, 0.15) is 44.6 Å². The molecule has 4 rings (SSSR count). The zero-order valence-corrected chi connectivity index (χ0v) is 24.7. The molecule has 3 aliphatic rings. The van der Waals surface area contributed by atoms with Gasteiger partial charge in [0.2, 0.25) is 29.5 Å². The molecule has 0 radical (unpaired) electrons. The van der Waals surface area contributed by atoms with E-state index in [1.54, 1.807) is 25.2 Å². The number of likely N-dealkylation sites (N-methyl/N-ethyl adjacent to an activating group) is 1. The smallest absolute Gasteiger partial charge is 0.268 e. The third kappa shape index (κ3) is 7.43. The summed E-state index contributed by atoms with van der Waals surface area (Å²) in [5.41, 5.74) is 0.358. The number of piperidine rings is 1. The van der Waals surface area contributed by atoms with Gasteiger partial charge in [0.1, 0.15) is 18.4 Å². The Balaban J connectivity index is 1.13. The molecule has 0 aliphatic carbocycles. The van der Waals surface area contributed by atoms with Crippen molar-refractivity contribution in [3.05, 3.63) is 29.8 Å². The van der Waals surface area contributed by atoms with E-state index in [1.807, 2.05) is 11.8 Å². The first-order valence-corrected chi connectivity index (χ1v) is 14.6. The Labute approximate surface area is 254 Å². The van der Waals surface area contributed by atoms with Gasteiger partial charge in [-0.05, 0) is 51.8 Å². The molecule has 0 saturated carbocycles. The quantitative estimate of drug-likeness (QED) is 0.143. The number of amides is 5. The third-order valence-corrected chi connectivity index (χ3v) is 8.05. The minimum Gasteiger partial charge on any atom is -0.507 e. The van der Waals surface area contributed by atoms with Gasteiger partial charge >= 0.3 is 0 Å². The molecule has 2 saturated heterocycles. The average Bonchev–Trinajstić information content (AvgIpc) is 3.57. The molecule has 4 atom stereocenters. The molecule has 2 fully saturated rings. The van der Waals surface area contributed by atoms with Gasteiger partial charge in [-0.15, -0.1) is 0 Å². The molecule has 1 aromatic rings. The van der Waals surface area contributed by atoms with Crippen molar-refractivity contribution in [3.8, 4) is 5.75 Å². The van der Waals surface area contributed by atoms with Crippen LogP contribution in [0.4, 0.5) is 0 Å². The van der Waals surface area contributed by atoms with Crippen LogP contribution in [-0.4, -0.2) is 135 Å². The van der Waals surface area contributed by atoms with Gasteiger partial charge in [-0.3, -0.25) is 39.3 Å². The van der Waals surface area contributed by atoms with Gasteiger partial charge in [0.15, 0.2) is 6.04 Å². The number of hydroxylamine groups is 4. The number of nitrogens with zero attached hydrogens (tertiary/aromatic N) is 5. The summed E-state index contributed by atoms with van der Waals surface area (Å²) in [6.45, 7) is 1.56. The number of rotatable bonds is 12. The normalized spacial score (nSPS) is 23.8. The van der Waals surface area contributed by atoms with E-state index < -0.39 is 41.8 Å². The maximum atomic E-state index is 13.1. The molecule has 240 valence electrons. The number of benzene rings is 1. The molecule has 3 aliphatic heterocycles. The number of carbonyl (C=O) groups excluding carboxylic acids is 5. The van der Waals surface area contributed by atoms with E-state index in [0.29, 0.717) is 41.4 Å². The number of hydrogen-bond acceptors (Lipinski definition) is 11. The minimum absolute atomic E-state index is 0.0328. The molecule has 16 nitrogen and oxygen atoms in total. The van der Waals surface area contributed by atoms with Crippen molar-refractivity contribution < 1.29 is 44.2 Å². The lowest BCUT2D eigenvalue weighted by Crippen LogP contribution is -2.54. The van der Waals surface area contributed by atoms with Crippen LogP contribution in [0.5, 0.6) is 5.75 Å². The van der Waals surface area contributed by atoms with Gasteiger partial charge in [-0.2, -0.15) is 0 Å². The summed E-state index contributed by atoms with van der Waals surface area (Å²) in [5, 5.41) is 36.0. The number of aliphatic imine (C=N–C) groups is 1. The molecule has 5 amide bonds. The average molecular weight is 618 g/mol. The standard InChI is InChI=1S/C28H39N7O9/c1-17-32(2)20(28(41)35(17)21-9-6-14-34(43)27(21)40)8-5-13-33(42)24(38)11-12-29-23(37)15-30-25(39)19-16-44-26(31-19)18-7-3-4-10-22(18)36/h3-4,7,10,17,19-21,36,42-43H,5-6,8-9,11-16H2,1-2H3,(H,29,37)(H,30,39)/t17-,19+,20-,21-/m0/s1. The predicted octanol–water partition coefficient (Wildman–Crippen LogP) is -0.973. The summed E-state index contributed by atoms with van der Waals surface area (Å²) in [6, 6.07) is 4.27. The number of nitrogens with one attached hydrogen (secondary N) is 2. The lowest BCUT2D eigenvalue weighted by Gasteiger charge is -2.36. The maximum Gasteiger partial charge on any atom is 0.268 e. The molecular formula is C28H39N7O9. The molecule has 44 heavy (non-hydrogen) atoms. The van der Waals surface area contributed by atoms with Gasteiger partial charge in [0, 0.05) is 26.1 Å². The largest absolute Gasteiger partial charge is 0.507 e. The van der Waals surface area contributed by atoms with Crippen molar-refractivity contribution in [3.63, 3.8) is 0 Å². The van der Waals surface area contributed by atoms with Crippen LogP contribution in [0, 0.1) is 0 Å². The molecule has 0 spiro atoms. The maximum absolute atomic E-state index is 13.1. The van der Waals surface area contributed by atoms with E-state index in [2.05, 4.69) is 15.6 Å². The number of carbonyl (C=O) groups is 5. The van der Waals surface area contributed by atoms with Crippen molar-refractivity contribution >= 4 is 35.4 Å². The number of hydrogen-bond donors (Lipinski definition) is 5. The van der Waals surface area contributed by atoms with Crippen molar-refractivity contribution in [2.24, 2.45) is 4.99 Å². The first-order chi connectivity index (χ1) is 21.0. The number of phenolic OH excluding ortho intramolecular Hbond substituents is 1. The molecule has 0 bridgehead atoms. The Morgan fingerprint density at radius 1 is 1.16 bits per heavy atom. The number of ether oxygens (including phenoxy) is 1. The predicted molar refractivity (Wildman–Crippen MR) is 152 cm³/mol. The van der Waals surface area contributed by atoms with Gasteiger partial charge in [-0.1, -0.05) is 12.1 Å². The summed E-state index contributed by atoms with van der Waals surface area (Å²) in [7, 11) is 1.77. The summed E-state index contributed by atoms with van der Waals surface area (Å²) >= 11 is 0. The topological polar surface area (TPSA) is 205 Å². The van der Waals surface area contributed by atoms with Crippen LogP contribution in [-0.2, 0) is 28.7 Å². The fourth-order valence-electron chi connectivity index (χ4n) is 5.48. The fraction of sp³-hybridized carbons (Fsp3) is 0.571. The Kier molecular flexibility index (Phi) is 10.7. The Morgan fingerprint density at radius 2 is 1.91 bits per heavy atom. The third-order valence-electron chi connectivity index (χ3n) is 8.05. The highest BCUT2D eigenvalue weighted by Crippen LogP contribution is 2.29. The first-order valence-electron chi connectivity index (χ1n) is 14.6. The first kappa shape index (κ1) is 32.6. The van der Waals surface area contributed by atoms with Crippen molar-refractivity contribution in [2.45, 2.75) is 63.3 Å². The summed E-state index contributed by atoms with van der Waals surface area (Å²) in [4.78, 5) is 69.9. The second-order valence-electron chi connectivity index (χ2n) is 10.9. The molecule has 0 unspecified atom stereocenters. The number of para-hydroxylation sites is 1. The van der Waals surface area contributed by atoms with Gasteiger partial charge < -0.3 is 25.4 Å². The van der Waals surface area contributed by atoms with Gasteiger partial charge in [0.25, 0.3) is 5.91 Å². The van der Waals surface area contributed by atoms with Crippen LogP contribution in [0.3, 0.4) is 0 Å². The molecule has 3 heterocycles. The highest BCUT2D eigenvalue weighted by molar-refractivity contribution is 6.00. The number of aromatic hydroxyl groups is 1. The van der Waals surface area contributed by atoms with Crippen LogP contribution < -0.4 is 10.6 Å². The van der Waals surface area contributed by atoms with Crippen molar-refractivity contribution in [1.29, 1.82) is 0 Å².